The second-order valence-electron chi connectivity index (χ2n) is 8.91. The zero-order chi connectivity index (χ0) is 22.0. The Bertz CT molecular complexity index is 983. The van der Waals surface area contributed by atoms with Crippen LogP contribution >= 0.6 is 0 Å². The summed E-state index contributed by atoms with van der Waals surface area (Å²) in [5, 5.41) is 2.97. The third-order valence-corrected chi connectivity index (χ3v) is 5.38. The minimum absolute atomic E-state index is 0.117. The number of nitrogens with one attached hydrogen (secondary N) is 1. The molecule has 7 nitrogen and oxygen atoms in total. The van der Waals surface area contributed by atoms with Gasteiger partial charge < -0.3 is 19.9 Å². The molecule has 1 aromatic heterocycles. The van der Waals surface area contributed by atoms with Gasteiger partial charge in [0.1, 0.15) is 5.60 Å². The number of carbonyl (C=O) groups is 2. The molecule has 0 unspecified atom stereocenters. The van der Waals surface area contributed by atoms with Crippen molar-refractivity contribution in [3.63, 3.8) is 0 Å². The molecule has 0 fully saturated rings. The van der Waals surface area contributed by atoms with Crippen molar-refractivity contribution in [1.29, 1.82) is 0 Å². The molecule has 4 rings (SSSR count). The van der Waals surface area contributed by atoms with Gasteiger partial charge in [-0.05, 0) is 67.7 Å². The van der Waals surface area contributed by atoms with Crippen LogP contribution in [-0.4, -0.2) is 45.6 Å². The van der Waals surface area contributed by atoms with E-state index in [9.17, 15) is 9.59 Å². The predicted molar refractivity (Wildman–Crippen MR) is 119 cm³/mol. The molecule has 3 amide bonds. The van der Waals surface area contributed by atoms with E-state index >= 15 is 0 Å². The first-order valence-corrected chi connectivity index (χ1v) is 10.5. The Hall–Kier alpha value is -3.35. The number of ether oxygens (including phenoxy) is 1. The maximum Gasteiger partial charge on any atom is 0.410 e. The van der Waals surface area contributed by atoms with Crippen LogP contribution in [0.15, 0.2) is 48.8 Å². The highest BCUT2D eigenvalue weighted by Crippen LogP contribution is 2.26. The summed E-state index contributed by atoms with van der Waals surface area (Å²) in [6.07, 6.45) is 6.13. The highest BCUT2D eigenvalue weighted by Gasteiger charge is 2.25. The van der Waals surface area contributed by atoms with E-state index in [1.807, 2.05) is 57.3 Å². The van der Waals surface area contributed by atoms with Crippen LogP contribution in [0, 0.1) is 0 Å². The summed E-state index contributed by atoms with van der Waals surface area (Å²) in [6.45, 7) is 7.95. The number of pyridine rings is 1. The lowest BCUT2D eigenvalue weighted by Crippen LogP contribution is -2.39. The minimum Gasteiger partial charge on any atom is -0.444 e. The summed E-state index contributed by atoms with van der Waals surface area (Å²) in [6, 6.07) is 9.69. The van der Waals surface area contributed by atoms with Gasteiger partial charge in [0.05, 0.1) is 0 Å². The average Bonchev–Trinajstić information content (AvgIpc) is 3.18. The molecule has 0 saturated heterocycles. The first kappa shape index (κ1) is 20.9. The van der Waals surface area contributed by atoms with E-state index in [1.54, 1.807) is 16.0 Å². The smallest absolute Gasteiger partial charge is 0.410 e. The van der Waals surface area contributed by atoms with E-state index in [-0.39, 0.29) is 12.1 Å². The van der Waals surface area contributed by atoms with Crippen molar-refractivity contribution in [3.05, 3.63) is 65.5 Å². The largest absolute Gasteiger partial charge is 0.444 e. The number of rotatable bonds is 2. The molecule has 162 valence electrons. The zero-order valence-electron chi connectivity index (χ0n) is 18.2. The quantitative estimate of drug-likeness (QED) is 0.767. The van der Waals surface area contributed by atoms with Gasteiger partial charge in [-0.25, -0.2) is 9.59 Å². The summed E-state index contributed by atoms with van der Waals surface area (Å²) in [5.74, 6) is 0. The van der Waals surface area contributed by atoms with Crippen LogP contribution in [-0.2, 0) is 17.8 Å². The monoisotopic (exact) mass is 420 g/mol. The fourth-order valence-corrected chi connectivity index (χ4v) is 3.76. The fourth-order valence-electron chi connectivity index (χ4n) is 3.76. The van der Waals surface area contributed by atoms with Crippen molar-refractivity contribution in [3.8, 4) is 0 Å². The highest BCUT2D eigenvalue weighted by atomic mass is 16.6. The Morgan fingerprint density at radius 1 is 1.03 bits per heavy atom. The minimum atomic E-state index is -0.490. The Balaban J connectivity index is 1.33. The van der Waals surface area contributed by atoms with Gasteiger partial charge in [0.25, 0.3) is 0 Å². The van der Waals surface area contributed by atoms with Gasteiger partial charge >= 0.3 is 12.1 Å². The van der Waals surface area contributed by atoms with Crippen molar-refractivity contribution < 1.29 is 14.3 Å². The highest BCUT2D eigenvalue weighted by molar-refractivity contribution is 5.90. The summed E-state index contributed by atoms with van der Waals surface area (Å²) in [4.78, 5) is 32.4. The maximum atomic E-state index is 12.6. The van der Waals surface area contributed by atoms with E-state index in [1.165, 1.54) is 5.57 Å². The number of anilines is 1. The zero-order valence-corrected chi connectivity index (χ0v) is 18.2. The summed E-state index contributed by atoms with van der Waals surface area (Å²) >= 11 is 0. The third kappa shape index (κ3) is 5.05. The number of hydrogen-bond acceptors (Lipinski definition) is 4. The second-order valence-corrected chi connectivity index (χ2v) is 8.91. The van der Waals surface area contributed by atoms with E-state index < -0.39 is 5.60 Å². The molecular formula is C24H28N4O3. The third-order valence-electron chi connectivity index (χ3n) is 5.38. The van der Waals surface area contributed by atoms with Crippen LogP contribution in [0.2, 0.25) is 0 Å². The standard InChI is InChI=1S/C24H28N4O3/c1-24(2,3)31-23(30)27-12-9-18(10-13-27)17-4-6-21(7-5-17)26-22(29)28-15-19-8-11-25-14-20(19)16-28/h4-9,11,14H,10,12-13,15-16H2,1-3H3,(H,26,29). The molecule has 0 bridgehead atoms. The summed E-state index contributed by atoms with van der Waals surface area (Å²) in [5.41, 5.74) is 4.80. The SMILES string of the molecule is CC(C)(C)OC(=O)N1CC=C(c2ccc(NC(=O)N3Cc4ccncc4C3)cc2)CC1. The van der Waals surface area contributed by atoms with Gasteiger partial charge in [-0.2, -0.15) is 0 Å². The van der Waals surface area contributed by atoms with Crippen LogP contribution in [0.25, 0.3) is 5.57 Å². The van der Waals surface area contributed by atoms with Crippen LogP contribution in [0.4, 0.5) is 15.3 Å². The van der Waals surface area contributed by atoms with Gasteiger partial charge in [0.15, 0.2) is 0 Å². The molecule has 0 spiro atoms. The molecule has 0 aliphatic carbocycles. The van der Waals surface area contributed by atoms with E-state index in [4.69, 9.17) is 4.74 Å². The molecule has 7 heteroatoms. The van der Waals surface area contributed by atoms with Gasteiger partial charge in [0, 0.05) is 44.3 Å². The lowest BCUT2D eigenvalue weighted by molar-refractivity contribution is 0.0270. The van der Waals surface area contributed by atoms with E-state index in [0.29, 0.717) is 26.2 Å². The second kappa shape index (κ2) is 8.41. The van der Waals surface area contributed by atoms with Crippen LogP contribution in [0.3, 0.4) is 0 Å². The molecule has 2 aliphatic heterocycles. The number of carbonyl (C=O) groups excluding carboxylic acids is 2. The molecule has 1 aromatic carbocycles. The van der Waals surface area contributed by atoms with Crippen molar-refractivity contribution in [2.75, 3.05) is 18.4 Å². The molecule has 3 heterocycles. The molecule has 0 radical (unpaired) electrons. The number of aromatic nitrogens is 1. The van der Waals surface area contributed by atoms with Crippen LogP contribution < -0.4 is 5.32 Å². The maximum absolute atomic E-state index is 12.6. The number of nitrogens with zero attached hydrogens (tertiary/aromatic N) is 3. The van der Waals surface area contributed by atoms with Crippen LogP contribution in [0.1, 0.15) is 43.9 Å². The van der Waals surface area contributed by atoms with Gasteiger partial charge in [-0.1, -0.05) is 18.2 Å². The Kier molecular flexibility index (Phi) is 5.67. The van der Waals surface area contributed by atoms with Crippen molar-refractivity contribution in [1.82, 2.24) is 14.8 Å². The lowest BCUT2D eigenvalue weighted by atomic mass is 9.99. The molecule has 2 aliphatic rings. The van der Waals surface area contributed by atoms with E-state index in [0.717, 1.165) is 28.8 Å². The Labute approximate surface area is 182 Å². The van der Waals surface area contributed by atoms with E-state index in [2.05, 4.69) is 16.4 Å². The first-order valence-electron chi connectivity index (χ1n) is 10.5. The van der Waals surface area contributed by atoms with Crippen LogP contribution in [0.5, 0.6) is 0 Å². The fraction of sp³-hybridized carbons (Fsp3) is 0.375. The van der Waals surface area contributed by atoms with Crippen molar-refractivity contribution in [2.24, 2.45) is 0 Å². The number of urea groups is 1. The molecule has 0 atom stereocenters. The normalized spacial score (nSPS) is 15.9. The summed E-state index contributed by atoms with van der Waals surface area (Å²) < 4.78 is 5.44. The number of fused-ring (bicyclic) bond motifs is 1. The summed E-state index contributed by atoms with van der Waals surface area (Å²) in [7, 11) is 0. The molecule has 0 saturated carbocycles. The molecule has 31 heavy (non-hydrogen) atoms. The van der Waals surface area contributed by atoms with Gasteiger partial charge in [0.2, 0.25) is 0 Å². The molecular weight excluding hydrogens is 392 g/mol. The Morgan fingerprint density at radius 2 is 1.77 bits per heavy atom. The Morgan fingerprint density at radius 3 is 2.42 bits per heavy atom. The van der Waals surface area contributed by atoms with Gasteiger partial charge in [-0.3, -0.25) is 4.98 Å². The molecule has 1 N–H and O–H groups in total. The predicted octanol–water partition coefficient (Wildman–Crippen LogP) is 4.65. The first-order chi connectivity index (χ1) is 14.8. The number of hydrogen-bond donors (Lipinski definition) is 1. The lowest BCUT2D eigenvalue weighted by Gasteiger charge is -2.29. The van der Waals surface area contributed by atoms with Crippen molar-refractivity contribution >= 4 is 23.4 Å². The number of amides is 3. The molecule has 2 aromatic rings. The number of benzene rings is 1. The van der Waals surface area contributed by atoms with Gasteiger partial charge in [-0.15, -0.1) is 0 Å². The average molecular weight is 421 g/mol. The van der Waals surface area contributed by atoms with Crippen molar-refractivity contribution in [2.45, 2.75) is 45.9 Å². The topological polar surface area (TPSA) is 74.8 Å².